The molecule has 0 aliphatic carbocycles. The second-order valence-corrected chi connectivity index (χ2v) is 4.00. The molecule has 1 aromatic carbocycles. The van der Waals surface area contributed by atoms with Gasteiger partial charge in [-0.25, -0.2) is 4.79 Å². The fourth-order valence-electron chi connectivity index (χ4n) is 1.20. The summed E-state index contributed by atoms with van der Waals surface area (Å²) < 4.78 is 5.11. The van der Waals surface area contributed by atoms with E-state index in [0.29, 0.717) is 22.5 Å². The molecule has 1 aromatic heterocycles. The molecule has 0 unspecified atom stereocenters. The summed E-state index contributed by atoms with van der Waals surface area (Å²) in [5.74, 6) is -0.0268. The first-order chi connectivity index (χ1) is 7.79. The molecule has 0 aliphatic rings. The maximum absolute atomic E-state index is 11.6. The minimum absolute atomic E-state index is 0.378. The molecular formula is C12H8O3S. The fraction of sp³-hybridized carbons (Fsp3) is 0. The lowest BCUT2D eigenvalue weighted by atomic mass is 10.2. The van der Waals surface area contributed by atoms with Crippen LogP contribution in [0.2, 0.25) is 0 Å². The van der Waals surface area contributed by atoms with Gasteiger partial charge in [0.25, 0.3) is 0 Å². The number of benzene rings is 1. The van der Waals surface area contributed by atoms with Crippen molar-refractivity contribution < 1.29 is 14.3 Å². The SMILES string of the molecule is O=Cc1cccc(OC(=O)c2cccs2)c1. The summed E-state index contributed by atoms with van der Waals surface area (Å²) in [6.45, 7) is 0. The van der Waals surface area contributed by atoms with Gasteiger partial charge in [-0.05, 0) is 23.6 Å². The molecule has 0 atom stereocenters. The van der Waals surface area contributed by atoms with E-state index in [4.69, 9.17) is 4.74 Å². The number of ether oxygens (including phenoxy) is 1. The topological polar surface area (TPSA) is 43.4 Å². The minimum atomic E-state index is -0.405. The van der Waals surface area contributed by atoms with Crippen LogP contribution in [0.1, 0.15) is 20.0 Å². The Kier molecular flexibility index (Phi) is 3.12. The molecule has 16 heavy (non-hydrogen) atoms. The van der Waals surface area contributed by atoms with Crippen LogP contribution in [0.25, 0.3) is 0 Å². The zero-order valence-corrected chi connectivity index (χ0v) is 9.07. The molecule has 3 nitrogen and oxygen atoms in total. The molecule has 0 fully saturated rings. The highest BCUT2D eigenvalue weighted by Gasteiger charge is 2.09. The van der Waals surface area contributed by atoms with E-state index in [1.54, 1.807) is 35.7 Å². The van der Waals surface area contributed by atoms with Crippen molar-refractivity contribution in [3.05, 3.63) is 52.2 Å². The van der Waals surface area contributed by atoms with Crippen molar-refractivity contribution >= 4 is 23.6 Å². The van der Waals surface area contributed by atoms with E-state index in [1.165, 1.54) is 17.4 Å². The van der Waals surface area contributed by atoms with Crippen LogP contribution in [0.3, 0.4) is 0 Å². The van der Waals surface area contributed by atoms with Crippen LogP contribution in [-0.2, 0) is 0 Å². The van der Waals surface area contributed by atoms with Crippen LogP contribution in [0.5, 0.6) is 5.75 Å². The van der Waals surface area contributed by atoms with Gasteiger partial charge in [0.2, 0.25) is 0 Å². The summed E-state index contributed by atoms with van der Waals surface area (Å²) in [5.41, 5.74) is 0.483. The molecular weight excluding hydrogens is 224 g/mol. The van der Waals surface area contributed by atoms with E-state index in [2.05, 4.69) is 0 Å². The highest BCUT2D eigenvalue weighted by atomic mass is 32.1. The van der Waals surface area contributed by atoms with Gasteiger partial charge < -0.3 is 4.74 Å². The molecule has 0 radical (unpaired) electrons. The Morgan fingerprint density at radius 2 is 2.12 bits per heavy atom. The van der Waals surface area contributed by atoms with Gasteiger partial charge in [-0.2, -0.15) is 0 Å². The van der Waals surface area contributed by atoms with Crippen LogP contribution < -0.4 is 4.74 Å². The maximum Gasteiger partial charge on any atom is 0.353 e. The summed E-state index contributed by atoms with van der Waals surface area (Å²) >= 11 is 1.32. The third kappa shape index (κ3) is 2.35. The fourth-order valence-corrected chi connectivity index (χ4v) is 1.80. The van der Waals surface area contributed by atoms with Crippen molar-refractivity contribution in [1.82, 2.24) is 0 Å². The highest BCUT2D eigenvalue weighted by molar-refractivity contribution is 7.12. The smallest absolute Gasteiger partial charge is 0.353 e. The van der Waals surface area contributed by atoms with Crippen molar-refractivity contribution in [3.63, 3.8) is 0 Å². The molecule has 2 aromatic rings. The summed E-state index contributed by atoms with van der Waals surface area (Å²) in [5, 5.41) is 1.80. The predicted molar refractivity (Wildman–Crippen MR) is 61.1 cm³/mol. The quantitative estimate of drug-likeness (QED) is 0.464. The lowest BCUT2D eigenvalue weighted by Gasteiger charge is -2.02. The van der Waals surface area contributed by atoms with E-state index in [1.807, 2.05) is 0 Å². The zero-order chi connectivity index (χ0) is 11.4. The number of esters is 1. The lowest BCUT2D eigenvalue weighted by Crippen LogP contribution is -2.06. The molecule has 0 N–H and O–H groups in total. The van der Waals surface area contributed by atoms with E-state index in [9.17, 15) is 9.59 Å². The van der Waals surface area contributed by atoms with Gasteiger partial charge in [0.1, 0.15) is 16.9 Å². The Balaban J connectivity index is 2.15. The predicted octanol–water partition coefficient (Wildman–Crippen LogP) is 2.78. The number of aldehydes is 1. The number of carbonyl (C=O) groups is 2. The van der Waals surface area contributed by atoms with Crippen LogP contribution in [0.15, 0.2) is 41.8 Å². The number of hydrogen-bond donors (Lipinski definition) is 0. The van der Waals surface area contributed by atoms with E-state index >= 15 is 0 Å². The van der Waals surface area contributed by atoms with Crippen molar-refractivity contribution in [2.24, 2.45) is 0 Å². The number of hydrogen-bond acceptors (Lipinski definition) is 4. The van der Waals surface area contributed by atoms with Crippen LogP contribution >= 0.6 is 11.3 Å². The van der Waals surface area contributed by atoms with Gasteiger partial charge in [-0.15, -0.1) is 11.3 Å². The maximum atomic E-state index is 11.6. The minimum Gasteiger partial charge on any atom is -0.422 e. The first kappa shape index (κ1) is 10.6. The third-order valence-corrected chi connectivity index (χ3v) is 2.78. The molecule has 0 bridgehead atoms. The molecule has 2 rings (SSSR count). The molecule has 0 aliphatic heterocycles. The number of carbonyl (C=O) groups excluding carboxylic acids is 2. The molecule has 4 heteroatoms. The van der Waals surface area contributed by atoms with Gasteiger partial charge >= 0.3 is 5.97 Å². The monoisotopic (exact) mass is 232 g/mol. The zero-order valence-electron chi connectivity index (χ0n) is 8.25. The second-order valence-electron chi connectivity index (χ2n) is 3.06. The Bertz CT molecular complexity index is 503. The van der Waals surface area contributed by atoms with Crippen molar-refractivity contribution in [3.8, 4) is 5.75 Å². The summed E-state index contributed by atoms with van der Waals surface area (Å²) in [6.07, 6.45) is 0.711. The molecule has 80 valence electrons. The van der Waals surface area contributed by atoms with Crippen molar-refractivity contribution in [2.45, 2.75) is 0 Å². The Labute approximate surface area is 96.3 Å². The van der Waals surface area contributed by atoms with Crippen LogP contribution in [-0.4, -0.2) is 12.3 Å². The van der Waals surface area contributed by atoms with E-state index < -0.39 is 5.97 Å². The first-order valence-electron chi connectivity index (χ1n) is 4.60. The highest BCUT2D eigenvalue weighted by Crippen LogP contribution is 2.16. The number of rotatable bonds is 3. The van der Waals surface area contributed by atoms with E-state index in [-0.39, 0.29) is 0 Å². The van der Waals surface area contributed by atoms with Crippen LogP contribution in [0.4, 0.5) is 0 Å². The number of thiophene rings is 1. The third-order valence-electron chi connectivity index (χ3n) is 1.93. The normalized spacial score (nSPS) is 9.75. The Hall–Kier alpha value is -1.94. The average molecular weight is 232 g/mol. The van der Waals surface area contributed by atoms with Crippen molar-refractivity contribution in [1.29, 1.82) is 0 Å². The van der Waals surface area contributed by atoms with Gasteiger partial charge in [0, 0.05) is 5.56 Å². The molecule has 0 amide bonds. The molecule has 1 heterocycles. The standard InChI is InChI=1S/C12H8O3S/c13-8-9-3-1-4-10(7-9)15-12(14)11-5-2-6-16-11/h1-8H. The van der Waals surface area contributed by atoms with Crippen molar-refractivity contribution in [2.75, 3.05) is 0 Å². The first-order valence-corrected chi connectivity index (χ1v) is 5.48. The Morgan fingerprint density at radius 3 is 2.81 bits per heavy atom. The van der Waals surface area contributed by atoms with Gasteiger partial charge in [0.05, 0.1) is 0 Å². The van der Waals surface area contributed by atoms with Gasteiger partial charge in [0.15, 0.2) is 0 Å². The molecule has 0 spiro atoms. The second kappa shape index (κ2) is 4.72. The Morgan fingerprint density at radius 1 is 1.25 bits per heavy atom. The lowest BCUT2D eigenvalue weighted by molar-refractivity contribution is 0.0739. The van der Waals surface area contributed by atoms with Crippen LogP contribution in [0, 0.1) is 0 Å². The summed E-state index contributed by atoms with van der Waals surface area (Å²) in [4.78, 5) is 22.6. The average Bonchev–Trinajstić information content (AvgIpc) is 2.83. The van der Waals surface area contributed by atoms with E-state index in [0.717, 1.165) is 0 Å². The van der Waals surface area contributed by atoms with Gasteiger partial charge in [-0.1, -0.05) is 18.2 Å². The summed E-state index contributed by atoms with van der Waals surface area (Å²) in [6, 6.07) is 9.95. The summed E-state index contributed by atoms with van der Waals surface area (Å²) in [7, 11) is 0. The largest absolute Gasteiger partial charge is 0.422 e. The van der Waals surface area contributed by atoms with Gasteiger partial charge in [-0.3, -0.25) is 4.79 Å². The molecule has 0 saturated heterocycles. The molecule has 0 saturated carbocycles.